The van der Waals surface area contributed by atoms with Crippen LogP contribution in [0.1, 0.15) is 12.0 Å². The number of hydrogen-bond acceptors (Lipinski definition) is 2. The molecule has 0 spiro atoms. The van der Waals surface area contributed by atoms with E-state index >= 15 is 0 Å². The number of benzene rings is 1. The third kappa shape index (κ3) is 2.41. The lowest BCUT2D eigenvalue weighted by molar-refractivity contribution is 0.282. The van der Waals surface area contributed by atoms with Crippen LogP contribution in [0.15, 0.2) is 34.8 Å². The molecule has 0 saturated heterocycles. The van der Waals surface area contributed by atoms with Crippen LogP contribution >= 0.6 is 15.9 Å². The van der Waals surface area contributed by atoms with Crippen LogP contribution < -0.4 is 4.90 Å². The molecule has 0 radical (unpaired) electrons. The van der Waals surface area contributed by atoms with Crippen LogP contribution in [0.5, 0.6) is 0 Å². The van der Waals surface area contributed by atoms with Crippen LogP contribution in [-0.2, 0) is 6.61 Å². The van der Waals surface area contributed by atoms with Crippen molar-refractivity contribution in [2.45, 2.75) is 13.0 Å². The van der Waals surface area contributed by atoms with Gasteiger partial charge in [-0.3, -0.25) is 0 Å². The van der Waals surface area contributed by atoms with Crippen molar-refractivity contribution in [3.05, 3.63) is 40.4 Å². The number of halogens is 1. The minimum Gasteiger partial charge on any atom is -0.392 e. The molecule has 15 heavy (non-hydrogen) atoms. The average molecular weight is 268 g/mol. The fourth-order valence-corrected chi connectivity index (χ4v) is 2.26. The Morgan fingerprint density at radius 2 is 2.20 bits per heavy atom. The lowest BCUT2D eigenvalue weighted by atomic mass is 10.1. The second-order valence-electron chi connectivity index (χ2n) is 3.64. The first-order valence-electron chi connectivity index (χ1n) is 5.10. The van der Waals surface area contributed by atoms with Gasteiger partial charge in [0, 0.05) is 28.8 Å². The number of hydrogen-bond donors (Lipinski definition) is 1. The summed E-state index contributed by atoms with van der Waals surface area (Å²) >= 11 is 3.42. The van der Waals surface area contributed by atoms with Gasteiger partial charge in [-0.25, -0.2) is 0 Å². The van der Waals surface area contributed by atoms with E-state index in [1.807, 2.05) is 12.1 Å². The lowest BCUT2D eigenvalue weighted by Crippen LogP contribution is -2.27. The molecule has 0 amide bonds. The van der Waals surface area contributed by atoms with E-state index in [9.17, 15) is 5.11 Å². The van der Waals surface area contributed by atoms with Crippen LogP contribution in [0.4, 0.5) is 5.69 Å². The van der Waals surface area contributed by atoms with E-state index in [-0.39, 0.29) is 6.61 Å². The Morgan fingerprint density at radius 1 is 1.33 bits per heavy atom. The third-order valence-corrected chi connectivity index (χ3v) is 3.10. The molecule has 3 heteroatoms. The van der Waals surface area contributed by atoms with Gasteiger partial charge in [-0.1, -0.05) is 28.1 Å². The highest BCUT2D eigenvalue weighted by Crippen LogP contribution is 2.25. The molecule has 0 bridgehead atoms. The van der Waals surface area contributed by atoms with Crippen molar-refractivity contribution in [2.75, 3.05) is 18.0 Å². The van der Waals surface area contributed by atoms with Gasteiger partial charge in [-0.15, -0.1) is 0 Å². The molecule has 0 unspecified atom stereocenters. The molecule has 80 valence electrons. The zero-order chi connectivity index (χ0) is 10.7. The van der Waals surface area contributed by atoms with Gasteiger partial charge in [0.2, 0.25) is 0 Å². The SMILES string of the molecule is OCc1cc(Br)ccc1N1CC=CCC1. The average Bonchev–Trinajstić information content (AvgIpc) is 2.30. The van der Waals surface area contributed by atoms with Crippen molar-refractivity contribution < 1.29 is 5.11 Å². The van der Waals surface area contributed by atoms with Crippen LogP contribution in [0.3, 0.4) is 0 Å². The van der Waals surface area contributed by atoms with Crippen molar-refractivity contribution in [1.29, 1.82) is 0 Å². The summed E-state index contributed by atoms with van der Waals surface area (Å²) in [7, 11) is 0. The quantitative estimate of drug-likeness (QED) is 0.834. The lowest BCUT2D eigenvalue weighted by Gasteiger charge is -2.27. The van der Waals surface area contributed by atoms with E-state index in [0.29, 0.717) is 0 Å². The Balaban J connectivity index is 2.30. The van der Waals surface area contributed by atoms with Crippen molar-refractivity contribution in [3.8, 4) is 0 Å². The Kier molecular flexibility index (Phi) is 3.44. The van der Waals surface area contributed by atoms with Gasteiger partial charge < -0.3 is 10.0 Å². The second-order valence-corrected chi connectivity index (χ2v) is 4.55. The zero-order valence-electron chi connectivity index (χ0n) is 8.49. The first kappa shape index (κ1) is 10.7. The topological polar surface area (TPSA) is 23.5 Å². The molecule has 1 N–H and O–H groups in total. The van der Waals surface area contributed by atoms with E-state index < -0.39 is 0 Å². The van der Waals surface area contributed by atoms with E-state index in [4.69, 9.17) is 0 Å². The summed E-state index contributed by atoms with van der Waals surface area (Å²) in [5.41, 5.74) is 2.13. The molecule has 2 rings (SSSR count). The Morgan fingerprint density at radius 3 is 2.87 bits per heavy atom. The van der Waals surface area contributed by atoms with Gasteiger partial charge in [-0.2, -0.15) is 0 Å². The molecule has 1 aromatic carbocycles. The molecule has 0 saturated carbocycles. The van der Waals surface area contributed by atoms with Gasteiger partial charge in [0.15, 0.2) is 0 Å². The highest BCUT2D eigenvalue weighted by molar-refractivity contribution is 9.10. The molecule has 1 aromatic rings. The summed E-state index contributed by atoms with van der Waals surface area (Å²) in [6.45, 7) is 2.06. The predicted molar refractivity (Wildman–Crippen MR) is 66.0 cm³/mol. The Labute approximate surface area is 98.3 Å². The van der Waals surface area contributed by atoms with Gasteiger partial charge in [0.05, 0.1) is 6.61 Å². The maximum absolute atomic E-state index is 9.31. The molecule has 0 fully saturated rings. The van der Waals surface area contributed by atoms with Crippen molar-refractivity contribution in [1.82, 2.24) is 0 Å². The van der Waals surface area contributed by atoms with Crippen LogP contribution in [-0.4, -0.2) is 18.2 Å². The first-order valence-corrected chi connectivity index (χ1v) is 5.90. The maximum Gasteiger partial charge on any atom is 0.0702 e. The molecular formula is C12H14BrNO. The van der Waals surface area contributed by atoms with Crippen molar-refractivity contribution in [2.24, 2.45) is 0 Å². The normalized spacial score (nSPS) is 15.7. The zero-order valence-corrected chi connectivity index (χ0v) is 10.1. The van der Waals surface area contributed by atoms with Crippen molar-refractivity contribution in [3.63, 3.8) is 0 Å². The number of nitrogens with zero attached hydrogens (tertiary/aromatic N) is 1. The van der Waals surface area contributed by atoms with Gasteiger partial charge >= 0.3 is 0 Å². The van der Waals surface area contributed by atoms with Crippen LogP contribution in [0.25, 0.3) is 0 Å². The summed E-state index contributed by atoms with van der Waals surface area (Å²) in [5.74, 6) is 0. The molecule has 0 atom stereocenters. The van der Waals surface area contributed by atoms with E-state index in [2.05, 4.69) is 39.0 Å². The summed E-state index contributed by atoms with van der Waals surface area (Å²) < 4.78 is 1.02. The van der Waals surface area contributed by atoms with Gasteiger partial charge in [0.25, 0.3) is 0 Å². The van der Waals surface area contributed by atoms with Crippen LogP contribution in [0.2, 0.25) is 0 Å². The first-order chi connectivity index (χ1) is 7.31. The Hall–Kier alpha value is -0.800. The van der Waals surface area contributed by atoms with Gasteiger partial charge in [-0.05, 0) is 24.6 Å². The molecule has 0 aliphatic carbocycles. The Bertz CT molecular complexity index is 376. The second kappa shape index (κ2) is 4.81. The minimum absolute atomic E-state index is 0.0922. The number of anilines is 1. The highest BCUT2D eigenvalue weighted by Gasteiger charge is 2.11. The molecule has 1 aliphatic rings. The summed E-state index contributed by atoms with van der Waals surface area (Å²) in [6.07, 6.45) is 5.46. The number of rotatable bonds is 2. The standard InChI is InChI=1S/C12H14BrNO/c13-11-4-5-12(10(8-11)9-15)14-6-2-1-3-7-14/h1-2,4-5,8,15H,3,6-7,9H2. The van der Waals surface area contributed by atoms with Gasteiger partial charge in [0.1, 0.15) is 0 Å². The maximum atomic E-state index is 9.31. The largest absolute Gasteiger partial charge is 0.392 e. The van der Waals surface area contributed by atoms with Crippen molar-refractivity contribution >= 4 is 21.6 Å². The fourth-order valence-electron chi connectivity index (χ4n) is 1.85. The highest BCUT2D eigenvalue weighted by atomic mass is 79.9. The van der Waals surface area contributed by atoms with E-state index in [0.717, 1.165) is 35.2 Å². The summed E-state index contributed by atoms with van der Waals surface area (Å²) in [4.78, 5) is 2.29. The molecule has 0 aromatic heterocycles. The van der Waals surface area contributed by atoms with E-state index in [1.165, 1.54) is 0 Å². The molecule has 2 nitrogen and oxygen atoms in total. The minimum atomic E-state index is 0.0922. The number of aliphatic hydroxyl groups excluding tert-OH is 1. The number of aliphatic hydroxyl groups is 1. The summed E-state index contributed by atoms with van der Waals surface area (Å²) in [6, 6.07) is 6.06. The molecule has 1 heterocycles. The van der Waals surface area contributed by atoms with E-state index in [1.54, 1.807) is 0 Å². The monoisotopic (exact) mass is 267 g/mol. The molecular weight excluding hydrogens is 254 g/mol. The molecule has 1 aliphatic heterocycles. The predicted octanol–water partition coefficient (Wildman–Crippen LogP) is 2.71. The third-order valence-electron chi connectivity index (χ3n) is 2.61. The summed E-state index contributed by atoms with van der Waals surface area (Å²) in [5, 5.41) is 9.31. The fraction of sp³-hybridized carbons (Fsp3) is 0.333. The van der Waals surface area contributed by atoms with Crippen LogP contribution in [0, 0.1) is 0 Å². The smallest absolute Gasteiger partial charge is 0.0702 e.